The highest BCUT2D eigenvalue weighted by Crippen LogP contribution is 2.24. The fourth-order valence-corrected chi connectivity index (χ4v) is 1.61. The van der Waals surface area contributed by atoms with Crippen molar-refractivity contribution in [1.29, 1.82) is 0 Å². The van der Waals surface area contributed by atoms with Crippen LogP contribution in [0.4, 0.5) is 0 Å². The number of nitrogens with zero attached hydrogens (tertiary/aromatic N) is 3. The van der Waals surface area contributed by atoms with Crippen molar-refractivity contribution in [2.75, 3.05) is 0 Å². The van der Waals surface area contributed by atoms with Crippen LogP contribution in [0, 0.1) is 0 Å². The molecule has 0 bridgehead atoms. The smallest absolute Gasteiger partial charge is 0.354 e. The lowest BCUT2D eigenvalue weighted by Gasteiger charge is -2.14. The third-order valence-corrected chi connectivity index (χ3v) is 2.37. The van der Waals surface area contributed by atoms with Crippen LogP contribution in [0.3, 0.4) is 0 Å². The molecule has 5 heteroatoms. The van der Waals surface area contributed by atoms with E-state index in [1.807, 2.05) is 26.8 Å². The van der Waals surface area contributed by atoms with Crippen molar-refractivity contribution in [1.82, 2.24) is 14.8 Å². The van der Waals surface area contributed by atoms with Crippen LogP contribution >= 0.6 is 0 Å². The zero-order valence-corrected chi connectivity index (χ0v) is 9.43. The molecule has 0 spiro atoms. The summed E-state index contributed by atoms with van der Waals surface area (Å²) in [7, 11) is 0. The molecule has 5 nitrogen and oxygen atoms in total. The third-order valence-electron chi connectivity index (χ3n) is 2.37. The van der Waals surface area contributed by atoms with Gasteiger partial charge in [0.1, 0.15) is 0 Å². The number of hydrogen-bond acceptors (Lipinski definition) is 3. The topological polar surface area (TPSA) is 67.5 Å². The van der Waals surface area contributed by atoms with Gasteiger partial charge in [0.2, 0.25) is 0 Å². The Kier molecular flexibility index (Phi) is 2.18. The van der Waals surface area contributed by atoms with E-state index in [9.17, 15) is 4.79 Å². The number of carboxylic acid groups (broad SMARTS) is 1. The molecule has 0 saturated heterocycles. The van der Waals surface area contributed by atoms with Crippen molar-refractivity contribution in [2.45, 2.75) is 26.2 Å². The highest BCUT2D eigenvalue weighted by Gasteiger charge is 2.22. The van der Waals surface area contributed by atoms with Gasteiger partial charge in [-0.15, -0.1) is 5.10 Å². The van der Waals surface area contributed by atoms with Crippen LogP contribution in [-0.4, -0.2) is 25.9 Å². The van der Waals surface area contributed by atoms with Crippen LogP contribution < -0.4 is 0 Å². The second-order valence-corrected chi connectivity index (χ2v) is 4.70. The summed E-state index contributed by atoms with van der Waals surface area (Å²) in [4.78, 5) is 11.0. The fraction of sp³-hybridized carbons (Fsp3) is 0.364. The molecule has 0 atom stereocenters. The number of aromatic nitrogens is 3. The fourth-order valence-electron chi connectivity index (χ4n) is 1.61. The Bertz CT molecular complexity index is 552. The molecule has 0 amide bonds. The standard InChI is InChI=1S/C11H13N3O2/c1-11(2,3)9-7-5-4-6-8(10(15)16)14(7)13-12-9/h4-6H,1-3H3,(H,15,16). The largest absolute Gasteiger partial charge is 0.477 e. The van der Waals surface area contributed by atoms with Gasteiger partial charge in [-0.3, -0.25) is 0 Å². The summed E-state index contributed by atoms with van der Waals surface area (Å²) in [6.07, 6.45) is 0. The van der Waals surface area contributed by atoms with Crippen molar-refractivity contribution >= 4 is 11.5 Å². The molecule has 0 fully saturated rings. The van der Waals surface area contributed by atoms with E-state index in [1.54, 1.807) is 6.07 Å². The Labute approximate surface area is 92.7 Å². The molecule has 0 aromatic carbocycles. The average Bonchev–Trinajstić information content (AvgIpc) is 2.59. The van der Waals surface area contributed by atoms with Gasteiger partial charge in [-0.1, -0.05) is 32.1 Å². The van der Waals surface area contributed by atoms with Gasteiger partial charge in [0.05, 0.1) is 11.2 Å². The minimum Gasteiger partial charge on any atom is -0.477 e. The van der Waals surface area contributed by atoms with E-state index in [1.165, 1.54) is 10.6 Å². The Hall–Kier alpha value is -1.91. The summed E-state index contributed by atoms with van der Waals surface area (Å²) in [5.41, 5.74) is 1.52. The molecule has 2 aromatic rings. The number of rotatable bonds is 1. The van der Waals surface area contributed by atoms with Gasteiger partial charge >= 0.3 is 5.97 Å². The normalized spacial score (nSPS) is 11.9. The maximum Gasteiger partial charge on any atom is 0.354 e. The molecule has 0 aliphatic rings. The van der Waals surface area contributed by atoms with E-state index < -0.39 is 5.97 Å². The maximum absolute atomic E-state index is 11.0. The van der Waals surface area contributed by atoms with Crippen molar-refractivity contribution in [3.63, 3.8) is 0 Å². The Morgan fingerprint density at radius 1 is 1.38 bits per heavy atom. The molecular formula is C11H13N3O2. The second kappa shape index (κ2) is 3.30. The van der Waals surface area contributed by atoms with Crippen LogP contribution in [0.1, 0.15) is 37.0 Å². The van der Waals surface area contributed by atoms with Crippen LogP contribution in [-0.2, 0) is 5.41 Å². The molecule has 2 rings (SSSR count). The third kappa shape index (κ3) is 1.54. The van der Waals surface area contributed by atoms with E-state index in [0.717, 1.165) is 11.2 Å². The van der Waals surface area contributed by atoms with Gasteiger partial charge in [0, 0.05) is 5.41 Å². The minimum atomic E-state index is -1.00. The number of fused-ring (bicyclic) bond motifs is 1. The van der Waals surface area contributed by atoms with Crippen molar-refractivity contribution < 1.29 is 9.90 Å². The molecule has 2 heterocycles. The first-order chi connectivity index (χ1) is 7.41. The van der Waals surface area contributed by atoms with Gasteiger partial charge in [-0.2, -0.15) is 0 Å². The molecular weight excluding hydrogens is 206 g/mol. The quantitative estimate of drug-likeness (QED) is 0.793. The molecule has 0 aliphatic heterocycles. The number of aromatic carboxylic acids is 1. The first kappa shape index (κ1) is 10.6. The van der Waals surface area contributed by atoms with E-state index in [2.05, 4.69) is 10.3 Å². The minimum absolute atomic E-state index is 0.125. The number of hydrogen-bond donors (Lipinski definition) is 1. The van der Waals surface area contributed by atoms with Crippen LogP contribution in [0.2, 0.25) is 0 Å². The van der Waals surface area contributed by atoms with E-state index >= 15 is 0 Å². The van der Waals surface area contributed by atoms with Gasteiger partial charge in [0.25, 0.3) is 0 Å². The Balaban J connectivity index is 2.76. The molecule has 84 valence electrons. The van der Waals surface area contributed by atoms with Crippen molar-refractivity contribution in [3.05, 3.63) is 29.6 Å². The molecule has 0 unspecified atom stereocenters. The van der Waals surface area contributed by atoms with Crippen LogP contribution in [0.5, 0.6) is 0 Å². The summed E-state index contributed by atoms with van der Waals surface area (Å²) in [5, 5.41) is 17.0. The Morgan fingerprint density at radius 2 is 2.06 bits per heavy atom. The first-order valence-corrected chi connectivity index (χ1v) is 4.99. The second-order valence-electron chi connectivity index (χ2n) is 4.70. The molecule has 0 radical (unpaired) electrons. The molecule has 0 aliphatic carbocycles. The Morgan fingerprint density at radius 3 is 2.62 bits per heavy atom. The van der Waals surface area contributed by atoms with Crippen molar-refractivity contribution in [2.24, 2.45) is 0 Å². The zero-order chi connectivity index (χ0) is 11.9. The van der Waals surface area contributed by atoms with Crippen LogP contribution in [0.15, 0.2) is 18.2 Å². The van der Waals surface area contributed by atoms with Gasteiger partial charge < -0.3 is 5.11 Å². The molecule has 2 aromatic heterocycles. The summed E-state index contributed by atoms with van der Waals surface area (Å²) in [6, 6.07) is 5.04. The molecule has 0 saturated carbocycles. The lowest BCUT2D eigenvalue weighted by atomic mass is 9.91. The monoisotopic (exact) mass is 219 g/mol. The molecule has 16 heavy (non-hydrogen) atoms. The summed E-state index contributed by atoms with van der Waals surface area (Å²) >= 11 is 0. The van der Waals surface area contributed by atoms with Crippen LogP contribution in [0.25, 0.3) is 5.52 Å². The summed E-state index contributed by atoms with van der Waals surface area (Å²) < 4.78 is 1.36. The lowest BCUT2D eigenvalue weighted by Crippen LogP contribution is -2.12. The predicted molar refractivity (Wildman–Crippen MR) is 58.6 cm³/mol. The van der Waals surface area contributed by atoms with E-state index in [0.29, 0.717) is 0 Å². The SMILES string of the molecule is CC(C)(C)c1nnn2c(C(=O)O)cccc12. The maximum atomic E-state index is 11.0. The highest BCUT2D eigenvalue weighted by molar-refractivity contribution is 5.86. The first-order valence-electron chi connectivity index (χ1n) is 4.99. The summed E-state index contributed by atoms with van der Waals surface area (Å²) in [5.74, 6) is -1.00. The van der Waals surface area contributed by atoms with Gasteiger partial charge in [-0.25, -0.2) is 9.31 Å². The summed E-state index contributed by atoms with van der Waals surface area (Å²) in [6.45, 7) is 6.05. The van der Waals surface area contributed by atoms with Gasteiger partial charge in [0.15, 0.2) is 5.69 Å². The van der Waals surface area contributed by atoms with Crippen molar-refractivity contribution in [3.8, 4) is 0 Å². The van der Waals surface area contributed by atoms with E-state index in [4.69, 9.17) is 5.11 Å². The number of pyridine rings is 1. The van der Waals surface area contributed by atoms with Gasteiger partial charge in [-0.05, 0) is 12.1 Å². The van der Waals surface area contributed by atoms with E-state index in [-0.39, 0.29) is 11.1 Å². The lowest BCUT2D eigenvalue weighted by molar-refractivity contribution is 0.0687. The number of carbonyl (C=O) groups is 1. The predicted octanol–water partition coefficient (Wildman–Crippen LogP) is 1.73. The zero-order valence-electron chi connectivity index (χ0n) is 9.43. The highest BCUT2D eigenvalue weighted by atomic mass is 16.4. The average molecular weight is 219 g/mol. The molecule has 1 N–H and O–H groups in total. The number of carboxylic acids is 1.